The molecule has 0 saturated heterocycles. The van der Waals surface area contributed by atoms with E-state index in [1.807, 2.05) is 6.92 Å². The van der Waals surface area contributed by atoms with Crippen LogP contribution in [0.3, 0.4) is 0 Å². The van der Waals surface area contributed by atoms with Gasteiger partial charge in [0.25, 0.3) is 5.91 Å². The predicted octanol–water partition coefficient (Wildman–Crippen LogP) is 1.43. The van der Waals surface area contributed by atoms with Crippen molar-refractivity contribution >= 4 is 17.9 Å². The summed E-state index contributed by atoms with van der Waals surface area (Å²) in [6.07, 6.45) is 10.2. The first kappa shape index (κ1) is 15.9. The lowest BCUT2D eigenvalue weighted by molar-refractivity contribution is -0.143. The molecule has 0 aromatic carbocycles. The van der Waals surface area contributed by atoms with Crippen molar-refractivity contribution in [2.24, 2.45) is 0 Å². The Morgan fingerprint density at radius 1 is 1.20 bits per heavy atom. The fraction of sp³-hybridized carbons (Fsp3) is 0.500. The van der Waals surface area contributed by atoms with Crippen LogP contribution in [0.2, 0.25) is 0 Å². The van der Waals surface area contributed by atoms with Crippen LogP contribution in [0.25, 0.3) is 0 Å². The highest BCUT2D eigenvalue weighted by molar-refractivity contribution is 5.96. The van der Waals surface area contributed by atoms with Crippen molar-refractivity contribution in [1.82, 2.24) is 10.6 Å². The van der Waals surface area contributed by atoms with Gasteiger partial charge in [-0.2, -0.15) is 0 Å². The van der Waals surface area contributed by atoms with Gasteiger partial charge in [0, 0.05) is 12.1 Å². The van der Waals surface area contributed by atoms with Gasteiger partial charge in [-0.05, 0) is 19.8 Å². The Hall–Kier alpha value is -2.11. The molecule has 1 fully saturated rings. The first-order valence-electron chi connectivity index (χ1n) is 6.68. The van der Waals surface area contributed by atoms with E-state index in [0.717, 1.165) is 25.7 Å². The van der Waals surface area contributed by atoms with Gasteiger partial charge in [0.2, 0.25) is 0 Å². The number of esters is 1. The van der Waals surface area contributed by atoms with Crippen molar-refractivity contribution in [2.75, 3.05) is 6.61 Å². The average Bonchev–Trinajstić information content (AvgIpc) is 2.89. The Morgan fingerprint density at radius 2 is 1.90 bits per heavy atom. The van der Waals surface area contributed by atoms with Crippen LogP contribution < -0.4 is 10.6 Å². The number of imide groups is 1. The van der Waals surface area contributed by atoms with Gasteiger partial charge in [0.1, 0.15) is 0 Å². The van der Waals surface area contributed by atoms with Crippen LogP contribution in [0.15, 0.2) is 24.3 Å². The zero-order chi connectivity index (χ0) is 14.8. The Balaban J connectivity index is 2.18. The Morgan fingerprint density at radius 3 is 2.55 bits per heavy atom. The molecule has 0 atom stereocenters. The van der Waals surface area contributed by atoms with Gasteiger partial charge in [0.15, 0.2) is 6.61 Å². The number of rotatable bonds is 5. The van der Waals surface area contributed by atoms with Crippen LogP contribution >= 0.6 is 0 Å². The van der Waals surface area contributed by atoms with E-state index in [-0.39, 0.29) is 6.04 Å². The molecule has 0 heterocycles. The highest BCUT2D eigenvalue weighted by atomic mass is 16.5. The number of nitrogens with one attached hydrogen (secondary N) is 2. The molecule has 1 aliphatic carbocycles. The number of carbonyl (C=O) groups is 3. The van der Waals surface area contributed by atoms with Crippen molar-refractivity contribution in [2.45, 2.75) is 38.6 Å². The van der Waals surface area contributed by atoms with E-state index in [4.69, 9.17) is 0 Å². The summed E-state index contributed by atoms with van der Waals surface area (Å²) in [6, 6.07) is -0.406. The van der Waals surface area contributed by atoms with Crippen LogP contribution in [-0.2, 0) is 14.3 Å². The fourth-order valence-corrected chi connectivity index (χ4v) is 1.88. The molecule has 2 N–H and O–H groups in total. The molecule has 1 rings (SSSR count). The molecule has 20 heavy (non-hydrogen) atoms. The van der Waals surface area contributed by atoms with E-state index in [1.54, 1.807) is 12.2 Å². The molecule has 0 aliphatic heterocycles. The van der Waals surface area contributed by atoms with Crippen LogP contribution in [0.4, 0.5) is 4.79 Å². The third kappa shape index (κ3) is 6.72. The topological polar surface area (TPSA) is 84.5 Å². The maximum absolute atomic E-state index is 11.5. The Kier molecular flexibility index (Phi) is 7.10. The highest BCUT2D eigenvalue weighted by Crippen LogP contribution is 2.17. The van der Waals surface area contributed by atoms with E-state index >= 15 is 0 Å². The quantitative estimate of drug-likeness (QED) is 0.453. The van der Waals surface area contributed by atoms with Gasteiger partial charge < -0.3 is 10.1 Å². The number of allylic oxidation sites excluding steroid dienone is 3. The Labute approximate surface area is 118 Å². The lowest BCUT2D eigenvalue weighted by Crippen LogP contribution is -2.44. The normalized spacial score (nSPS) is 15.7. The lowest BCUT2D eigenvalue weighted by Gasteiger charge is -2.12. The molecular formula is C14H20N2O4. The van der Waals surface area contributed by atoms with Gasteiger partial charge in [-0.15, -0.1) is 0 Å². The molecule has 0 radical (unpaired) electrons. The molecular weight excluding hydrogens is 260 g/mol. The minimum atomic E-state index is -0.645. The third-order valence-corrected chi connectivity index (χ3v) is 2.82. The number of hydrogen-bond donors (Lipinski definition) is 2. The maximum Gasteiger partial charge on any atom is 0.331 e. The van der Waals surface area contributed by atoms with E-state index < -0.39 is 24.5 Å². The van der Waals surface area contributed by atoms with Crippen LogP contribution in [0, 0.1) is 0 Å². The molecule has 6 heteroatoms. The number of urea groups is 1. The number of ether oxygens (including phenoxy) is 1. The van der Waals surface area contributed by atoms with Gasteiger partial charge in [-0.1, -0.05) is 31.1 Å². The number of carbonyl (C=O) groups excluding carboxylic acids is 3. The summed E-state index contributed by atoms with van der Waals surface area (Å²) >= 11 is 0. The lowest BCUT2D eigenvalue weighted by atomic mass is 10.2. The minimum Gasteiger partial charge on any atom is -0.452 e. The molecule has 1 saturated carbocycles. The molecule has 0 unspecified atom stereocenters. The van der Waals surface area contributed by atoms with E-state index in [9.17, 15) is 14.4 Å². The van der Waals surface area contributed by atoms with Crippen molar-refractivity contribution in [3.05, 3.63) is 24.3 Å². The second kappa shape index (κ2) is 8.90. The molecule has 6 nitrogen and oxygen atoms in total. The van der Waals surface area contributed by atoms with Crippen LogP contribution in [-0.4, -0.2) is 30.6 Å². The smallest absolute Gasteiger partial charge is 0.331 e. The van der Waals surface area contributed by atoms with Gasteiger partial charge in [-0.3, -0.25) is 10.1 Å². The first-order valence-corrected chi connectivity index (χ1v) is 6.68. The SMILES string of the molecule is C/C=C/C=C/C(=O)OCC(=O)NC(=O)NC1CCCC1. The summed E-state index contributed by atoms with van der Waals surface area (Å²) < 4.78 is 4.67. The van der Waals surface area contributed by atoms with E-state index in [2.05, 4.69) is 15.4 Å². The molecule has 0 aromatic heterocycles. The Bertz CT molecular complexity index is 409. The van der Waals surface area contributed by atoms with E-state index in [0.29, 0.717) is 0 Å². The standard InChI is InChI=1S/C14H20N2O4/c1-2-3-4-9-13(18)20-10-12(17)16-14(19)15-11-7-5-6-8-11/h2-4,9,11H,5-8,10H2,1H3,(H2,15,16,17,19)/b3-2+,9-4+. The second-order valence-corrected chi connectivity index (χ2v) is 4.50. The van der Waals surface area contributed by atoms with Crippen molar-refractivity contribution in [1.29, 1.82) is 0 Å². The zero-order valence-electron chi connectivity index (χ0n) is 11.6. The fourth-order valence-electron chi connectivity index (χ4n) is 1.88. The van der Waals surface area contributed by atoms with Gasteiger partial charge >= 0.3 is 12.0 Å². The van der Waals surface area contributed by atoms with E-state index in [1.165, 1.54) is 12.2 Å². The van der Waals surface area contributed by atoms with Gasteiger partial charge in [-0.25, -0.2) is 9.59 Å². The van der Waals surface area contributed by atoms with Crippen molar-refractivity contribution in [3.8, 4) is 0 Å². The summed E-state index contributed by atoms with van der Waals surface area (Å²) in [5.41, 5.74) is 0. The van der Waals surface area contributed by atoms with Crippen LogP contribution in [0.5, 0.6) is 0 Å². The van der Waals surface area contributed by atoms with Crippen molar-refractivity contribution in [3.63, 3.8) is 0 Å². The summed E-state index contributed by atoms with van der Waals surface area (Å²) in [7, 11) is 0. The van der Waals surface area contributed by atoms with Gasteiger partial charge in [0.05, 0.1) is 0 Å². The molecule has 0 aromatic rings. The summed E-state index contributed by atoms with van der Waals surface area (Å²) in [4.78, 5) is 34.0. The molecule has 110 valence electrons. The number of hydrogen-bond acceptors (Lipinski definition) is 4. The van der Waals surface area contributed by atoms with Crippen molar-refractivity contribution < 1.29 is 19.1 Å². The molecule has 3 amide bonds. The molecule has 0 spiro atoms. The third-order valence-electron chi connectivity index (χ3n) is 2.82. The van der Waals surface area contributed by atoms with Crippen LogP contribution in [0.1, 0.15) is 32.6 Å². The molecule has 1 aliphatic rings. The maximum atomic E-state index is 11.5. The monoisotopic (exact) mass is 280 g/mol. The molecule has 0 bridgehead atoms. The first-order chi connectivity index (χ1) is 9.61. The number of amides is 3. The zero-order valence-corrected chi connectivity index (χ0v) is 11.6. The largest absolute Gasteiger partial charge is 0.452 e. The summed E-state index contributed by atoms with van der Waals surface area (Å²) in [6.45, 7) is 1.34. The summed E-state index contributed by atoms with van der Waals surface area (Å²) in [5, 5.41) is 4.83. The summed E-state index contributed by atoms with van der Waals surface area (Å²) in [5.74, 6) is -1.28. The predicted molar refractivity (Wildman–Crippen MR) is 73.8 cm³/mol. The highest BCUT2D eigenvalue weighted by Gasteiger charge is 2.18. The minimum absolute atomic E-state index is 0.133. The average molecular weight is 280 g/mol. The second-order valence-electron chi connectivity index (χ2n) is 4.50.